The van der Waals surface area contributed by atoms with Crippen LogP contribution in [0.4, 0.5) is 0 Å². The summed E-state index contributed by atoms with van der Waals surface area (Å²) in [6.45, 7) is 3.07. The summed E-state index contributed by atoms with van der Waals surface area (Å²) < 4.78 is 0. The largest absolute Gasteiger partial charge is 0.309 e. The van der Waals surface area contributed by atoms with Crippen LogP contribution in [0.25, 0.3) is 10.9 Å². The Labute approximate surface area is 130 Å². The third-order valence-corrected chi connectivity index (χ3v) is 5.41. The Morgan fingerprint density at radius 1 is 1.14 bits per heavy atom. The molecule has 2 heterocycles. The molecule has 0 radical (unpaired) electrons. The summed E-state index contributed by atoms with van der Waals surface area (Å²) >= 11 is 0. The van der Waals surface area contributed by atoms with E-state index in [2.05, 4.69) is 14.9 Å². The zero-order valence-corrected chi connectivity index (χ0v) is 12.9. The number of rotatable bonds is 2. The van der Waals surface area contributed by atoms with Crippen molar-refractivity contribution in [2.24, 2.45) is 11.8 Å². The summed E-state index contributed by atoms with van der Waals surface area (Å²) in [6.07, 6.45) is 6.91. The summed E-state index contributed by atoms with van der Waals surface area (Å²) in [5.41, 5.74) is 0.780. The lowest BCUT2D eigenvalue weighted by Crippen LogP contribution is -2.41. The Bertz CT molecular complexity index is 724. The van der Waals surface area contributed by atoms with E-state index in [0.717, 1.165) is 36.3 Å². The molecule has 1 aromatic heterocycles. The van der Waals surface area contributed by atoms with E-state index in [4.69, 9.17) is 0 Å². The van der Waals surface area contributed by atoms with E-state index in [1.807, 2.05) is 24.3 Å². The van der Waals surface area contributed by atoms with Crippen LogP contribution in [-0.2, 0) is 6.54 Å². The highest BCUT2D eigenvalue weighted by molar-refractivity contribution is 5.77. The van der Waals surface area contributed by atoms with Gasteiger partial charge in [0.1, 0.15) is 5.82 Å². The average Bonchev–Trinajstić information content (AvgIpc) is 2.55. The van der Waals surface area contributed by atoms with Crippen LogP contribution in [0.1, 0.15) is 37.9 Å². The highest BCUT2D eigenvalue weighted by atomic mass is 16.1. The maximum atomic E-state index is 12.2. The lowest BCUT2D eigenvalue weighted by Gasteiger charge is -2.41. The molecule has 1 saturated heterocycles. The summed E-state index contributed by atoms with van der Waals surface area (Å²) in [4.78, 5) is 22.2. The minimum atomic E-state index is -0.0202. The van der Waals surface area contributed by atoms with Crippen molar-refractivity contribution in [3.63, 3.8) is 0 Å². The molecule has 2 fully saturated rings. The zero-order valence-electron chi connectivity index (χ0n) is 12.9. The summed E-state index contributed by atoms with van der Waals surface area (Å²) in [7, 11) is 0. The minimum absolute atomic E-state index is 0.0202. The Hall–Kier alpha value is -1.68. The van der Waals surface area contributed by atoms with Gasteiger partial charge >= 0.3 is 0 Å². The highest BCUT2D eigenvalue weighted by Gasteiger charge is 2.31. The molecule has 1 saturated carbocycles. The number of aromatic nitrogens is 2. The molecule has 1 N–H and O–H groups in total. The smallest absolute Gasteiger partial charge is 0.258 e. The van der Waals surface area contributed by atoms with Gasteiger partial charge < -0.3 is 4.98 Å². The number of aromatic amines is 1. The van der Waals surface area contributed by atoms with Crippen LogP contribution < -0.4 is 5.56 Å². The molecule has 1 aliphatic heterocycles. The van der Waals surface area contributed by atoms with E-state index in [1.54, 1.807) is 0 Å². The molecule has 1 aliphatic carbocycles. The maximum absolute atomic E-state index is 12.2. The SMILES string of the molecule is O=c1[nH]c(CN2CC[C@@H]3CCCC[C@@H]3C2)nc2ccccc12. The van der Waals surface area contributed by atoms with Crippen LogP contribution in [0.5, 0.6) is 0 Å². The second-order valence-electron chi connectivity index (χ2n) is 6.86. The Balaban J connectivity index is 1.52. The normalized spacial score (nSPS) is 26.0. The molecule has 4 rings (SSSR count). The minimum Gasteiger partial charge on any atom is -0.309 e. The third-order valence-electron chi connectivity index (χ3n) is 5.41. The first-order valence-electron chi connectivity index (χ1n) is 8.50. The molecule has 2 aromatic rings. The van der Waals surface area contributed by atoms with E-state index in [-0.39, 0.29) is 5.56 Å². The van der Waals surface area contributed by atoms with E-state index >= 15 is 0 Å². The monoisotopic (exact) mass is 297 g/mol. The third kappa shape index (κ3) is 2.68. The van der Waals surface area contributed by atoms with Gasteiger partial charge in [-0.3, -0.25) is 9.69 Å². The standard InChI is InChI=1S/C18H23N3O/c22-18-15-7-3-4-8-16(15)19-17(20-18)12-21-10-9-13-5-1-2-6-14(13)11-21/h3-4,7-8,13-14H,1-2,5-6,9-12H2,(H,19,20,22)/t13-,14+/m0/s1. The molecule has 0 spiro atoms. The number of likely N-dealkylation sites (tertiary alicyclic amines) is 1. The van der Waals surface area contributed by atoms with E-state index in [9.17, 15) is 4.79 Å². The number of piperidine rings is 1. The fraction of sp³-hybridized carbons (Fsp3) is 0.556. The number of benzene rings is 1. The number of H-pyrrole nitrogens is 1. The van der Waals surface area contributed by atoms with Gasteiger partial charge in [0.15, 0.2) is 0 Å². The van der Waals surface area contributed by atoms with Crippen molar-refractivity contribution in [2.45, 2.75) is 38.6 Å². The van der Waals surface area contributed by atoms with Gasteiger partial charge in [0.2, 0.25) is 0 Å². The Morgan fingerprint density at radius 2 is 1.95 bits per heavy atom. The number of nitrogens with one attached hydrogen (secondary N) is 1. The van der Waals surface area contributed by atoms with Gasteiger partial charge in [-0.15, -0.1) is 0 Å². The van der Waals surface area contributed by atoms with Gasteiger partial charge in [0, 0.05) is 6.54 Å². The van der Waals surface area contributed by atoms with E-state index in [1.165, 1.54) is 38.6 Å². The number of fused-ring (bicyclic) bond motifs is 2. The van der Waals surface area contributed by atoms with Gasteiger partial charge in [-0.25, -0.2) is 4.98 Å². The topological polar surface area (TPSA) is 49.0 Å². The fourth-order valence-electron chi connectivity index (χ4n) is 4.24. The van der Waals surface area contributed by atoms with Crippen molar-refractivity contribution in [1.29, 1.82) is 0 Å². The van der Waals surface area contributed by atoms with Crippen molar-refractivity contribution in [3.8, 4) is 0 Å². The number of hydrogen-bond acceptors (Lipinski definition) is 3. The number of para-hydroxylation sites is 1. The first-order valence-corrected chi connectivity index (χ1v) is 8.50. The predicted octanol–water partition coefficient (Wildman–Crippen LogP) is 2.94. The van der Waals surface area contributed by atoms with Crippen molar-refractivity contribution in [1.82, 2.24) is 14.9 Å². The van der Waals surface area contributed by atoms with Crippen LogP contribution >= 0.6 is 0 Å². The van der Waals surface area contributed by atoms with E-state index < -0.39 is 0 Å². The molecule has 2 atom stereocenters. The molecule has 0 bridgehead atoms. The van der Waals surface area contributed by atoms with E-state index in [0.29, 0.717) is 5.39 Å². The zero-order chi connectivity index (χ0) is 14.9. The highest BCUT2D eigenvalue weighted by Crippen LogP contribution is 2.36. The van der Waals surface area contributed by atoms with Crippen molar-refractivity contribution >= 4 is 10.9 Å². The van der Waals surface area contributed by atoms with Gasteiger partial charge in [-0.1, -0.05) is 31.4 Å². The Morgan fingerprint density at radius 3 is 2.86 bits per heavy atom. The van der Waals surface area contributed by atoms with Gasteiger partial charge in [-0.2, -0.15) is 0 Å². The quantitative estimate of drug-likeness (QED) is 0.927. The molecule has 22 heavy (non-hydrogen) atoms. The molecule has 1 aromatic carbocycles. The van der Waals surface area contributed by atoms with Crippen LogP contribution in [0.3, 0.4) is 0 Å². The molecule has 2 aliphatic rings. The fourth-order valence-corrected chi connectivity index (χ4v) is 4.24. The van der Waals surface area contributed by atoms with Crippen LogP contribution in [0.2, 0.25) is 0 Å². The predicted molar refractivity (Wildman–Crippen MR) is 87.7 cm³/mol. The molecule has 4 heteroatoms. The molecular formula is C18H23N3O. The molecule has 0 amide bonds. The second kappa shape index (κ2) is 5.84. The first-order chi connectivity index (χ1) is 10.8. The summed E-state index contributed by atoms with van der Waals surface area (Å²) in [6, 6.07) is 7.57. The lowest BCUT2D eigenvalue weighted by atomic mass is 9.75. The van der Waals surface area contributed by atoms with Crippen LogP contribution in [0.15, 0.2) is 29.1 Å². The van der Waals surface area contributed by atoms with Crippen molar-refractivity contribution in [3.05, 3.63) is 40.4 Å². The first kappa shape index (κ1) is 13.9. The number of nitrogens with zero attached hydrogens (tertiary/aromatic N) is 2. The Kier molecular flexibility index (Phi) is 3.70. The lowest BCUT2D eigenvalue weighted by molar-refractivity contribution is 0.0803. The molecular weight excluding hydrogens is 274 g/mol. The maximum Gasteiger partial charge on any atom is 0.258 e. The summed E-state index contributed by atoms with van der Waals surface area (Å²) in [5.74, 6) is 2.60. The van der Waals surface area contributed by atoms with Gasteiger partial charge in [0.25, 0.3) is 5.56 Å². The van der Waals surface area contributed by atoms with Crippen molar-refractivity contribution < 1.29 is 0 Å². The number of hydrogen-bond donors (Lipinski definition) is 1. The summed E-state index contributed by atoms with van der Waals surface area (Å²) in [5, 5.41) is 0.678. The van der Waals surface area contributed by atoms with Gasteiger partial charge in [-0.05, 0) is 43.4 Å². The van der Waals surface area contributed by atoms with Crippen LogP contribution in [0, 0.1) is 11.8 Å². The molecule has 4 nitrogen and oxygen atoms in total. The second-order valence-corrected chi connectivity index (χ2v) is 6.86. The van der Waals surface area contributed by atoms with Crippen molar-refractivity contribution in [2.75, 3.05) is 13.1 Å². The average molecular weight is 297 g/mol. The molecule has 116 valence electrons. The molecule has 0 unspecified atom stereocenters. The van der Waals surface area contributed by atoms with Crippen LogP contribution in [-0.4, -0.2) is 28.0 Å². The van der Waals surface area contributed by atoms with Gasteiger partial charge in [0.05, 0.1) is 17.4 Å².